The summed E-state index contributed by atoms with van der Waals surface area (Å²) < 4.78 is 5.53. The van der Waals surface area contributed by atoms with Gasteiger partial charge in [0.15, 0.2) is 0 Å². The topological polar surface area (TPSA) is 41.6 Å². The Kier molecular flexibility index (Phi) is 4.93. The van der Waals surface area contributed by atoms with Gasteiger partial charge in [0.1, 0.15) is 0 Å². The number of carbonyl (C=O) groups excluding carboxylic acids is 1. The fourth-order valence-corrected chi connectivity index (χ4v) is 2.64. The van der Waals surface area contributed by atoms with Crippen molar-refractivity contribution in [3.63, 3.8) is 0 Å². The Balaban J connectivity index is 1.89. The fourth-order valence-electron chi connectivity index (χ4n) is 2.64. The minimum Gasteiger partial charge on any atom is -0.380 e. The largest absolute Gasteiger partial charge is 0.380 e. The van der Waals surface area contributed by atoms with Gasteiger partial charge in [0.25, 0.3) is 0 Å². The van der Waals surface area contributed by atoms with Gasteiger partial charge >= 0.3 is 0 Å². The molecule has 1 N–H and O–H groups in total. The first-order chi connectivity index (χ1) is 9.19. The number of nitrogens with one attached hydrogen (secondary N) is 1. The van der Waals surface area contributed by atoms with Crippen molar-refractivity contribution in [3.05, 3.63) is 35.9 Å². The van der Waals surface area contributed by atoms with Crippen LogP contribution in [0.2, 0.25) is 0 Å². The number of amides is 1. The number of methoxy groups -OCH3 is 1. The standard InChI is InChI=1S/C15H22N2O2/c1-12(18)16-8-14-10-17(11-15(14)19-2)9-13-6-4-3-5-7-13/h3-7,14-15H,8-11H2,1-2H3,(H,16,18)/t14-,15-/m1/s1. The average Bonchev–Trinajstić information content (AvgIpc) is 2.79. The molecule has 0 radical (unpaired) electrons. The molecule has 1 saturated heterocycles. The van der Waals surface area contributed by atoms with Gasteiger partial charge in [-0.2, -0.15) is 0 Å². The van der Waals surface area contributed by atoms with E-state index >= 15 is 0 Å². The third-order valence-electron chi connectivity index (χ3n) is 3.62. The van der Waals surface area contributed by atoms with E-state index in [0.717, 1.165) is 19.6 Å². The number of rotatable bonds is 5. The zero-order chi connectivity index (χ0) is 13.7. The van der Waals surface area contributed by atoms with Crippen LogP contribution in [0.25, 0.3) is 0 Å². The van der Waals surface area contributed by atoms with Crippen LogP contribution in [0.15, 0.2) is 30.3 Å². The van der Waals surface area contributed by atoms with E-state index in [-0.39, 0.29) is 12.0 Å². The molecule has 0 saturated carbocycles. The van der Waals surface area contributed by atoms with E-state index in [1.54, 1.807) is 14.0 Å². The van der Waals surface area contributed by atoms with Gasteiger partial charge in [0.05, 0.1) is 6.10 Å². The SMILES string of the molecule is CO[C@@H]1CN(Cc2ccccc2)C[C@H]1CNC(C)=O. The number of benzene rings is 1. The molecular formula is C15H22N2O2. The molecule has 2 atom stereocenters. The Morgan fingerprint density at radius 2 is 2.11 bits per heavy atom. The summed E-state index contributed by atoms with van der Waals surface area (Å²) in [5, 5.41) is 2.89. The van der Waals surface area contributed by atoms with Gasteiger partial charge in [-0.3, -0.25) is 9.69 Å². The Morgan fingerprint density at radius 3 is 2.74 bits per heavy atom. The zero-order valence-electron chi connectivity index (χ0n) is 11.6. The van der Waals surface area contributed by atoms with Gasteiger partial charge < -0.3 is 10.1 Å². The molecule has 1 aromatic rings. The first kappa shape index (κ1) is 14.0. The van der Waals surface area contributed by atoms with E-state index in [4.69, 9.17) is 4.74 Å². The smallest absolute Gasteiger partial charge is 0.216 e. The van der Waals surface area contributed by atoms with Crippen molar-refractivity contribution in [1.29, 1.82) is 0 Å². The zero-order valence-corrected chi connectivity index (χ0v) is 11.6. The quantitative estimate of drug-likeness (QED) is 0.869. The average molecular weight is 262 g/mol. The predicted molar refractivity (Wildman–Crippen MR) is 74.7 cm³/mol. The van der Waals surface area contributed by atoms with E-state index in [1.807, 2.05) is 6.07 Å². The summed E-state index contributed by atoms with van der Waals surface area (Å²) in [6.07, 6.45) is 0.204. The highest BCUT2D eigenvalue weighted by molar-refractivity contribution is 5.72. The number of carbonyl (C=O) groups is 1. The molecular weight excluding hydrogens is 240 g/mol. The van der Waals surface area contributed by atoms with Crippen molar-refractivity contribution < 1.29 is 9.53 Å². The van der Waals surface area contributed by atoms with Gasteiger partial charge in [-0.1, -0.05) is 30.3 Å². The Morgan fingerprint density at radius 1 is 1.37 bits per heavy atom. The van der Waals surface area contributed by atoms with E-state index in [2.05, 4.69) is 34.5 Å². The molecule has 1 aromatic carbocycles. The number of likely N-dealkylation sites (tertiary alicyclic amines) is 1. The third-order valence-corrected chi connectivity index (χ3v) is 3.62. The van der Waals surface area contributed by atoms with E-state index in [1.165, 1.54) is 5.56 Å². The molecule has 0 spiro atoms. The molecule has 0 aliphatic carbocycles. The minimum atomic E-state index is 0.0244. The van der Waals surface area contributed by atoms with Crippen LogP contribution in [0.1, 0.15) is 12.5 Å². The van der Waals surface area contributed by atoms with Gasteiger partial charge in [-0.25, -0.2) is 0 Å². The van der Waals surface area contributed by atoms with Crippen LogP contribution in [0.3, 0.4) is 0 Å². The van der Waals surface area contributed by atoms with Crippen molar-refractivity contribution in [2.75, 3.05) is 26.7 Å². The van der Waals surface area contributed by atoms with Crippen LogP contribution in [-0.2, 0) is 16.1 Å². The molecule has 1 heterocycles. The fraction of sp³-hybridized carbons (Fsp3) is 0.533. The van der Waals surface area contributed by atoms with Crippen LogP contribution in [0.4, 0.5) is 0 Å². The molecule has 2 rings (SSSR count). The Hall–Kier alpha value is -1.39. The van der Waals surface area contributed by atoms with Crippen LogP contribution < -0.4 is 5.32 Å². The Labute approximate surface area is 114 Å². The molecule has 19 heavy (non-hydrogen) atoms. The molecule has 4 heteroatoms. The van der Waals surface area contributed by atoms with Crippen LogP contribution in [-0.4, -0.2) is 43.7 Å². The van der Waals surface area contributed by atoms with Crippen molar-refractivity contribution in [2.45, 2.75) is 19.6 Å². The second-order valence-corrected chi connectivity index (χ2v) is 5.15. The molecule has 1 fully saturated rings. The van der Waals surface area contributed by atoms with Crippen LogP contribution in [0, 0.1) is 5.92 Å². The maximum absolute atomic E-state index is 11.0. The van der Waals surface area contributed by atoms with E-state index in [9.17, 15) is 4.79 Å². The number of hydrogen-bond acceptors (Lipinski definition) is 3. The summed E-state index contributed by atoms with van der Waals surface area (Å²) in [6, 6.07) is 10.4. The summed E-state index contributed by atoms with van der Waals surface area (Å²) in [4.78, 5) is 13.4. The molecule has 0 unspecified atom stereocenters. The third kappa shape index (κ3) is 4.04. The second-order valence-electron chi connectivity index (χ2n) is 5.15. The summed E-state index contributed by atoms with van der Waals surface area (Å²) in [6.45, 7) is 5.08. The Bertz CT molecular complexity index is 408. The van der Waals surface area contributed by atoms with Gasteiger partial charge in [0, 0.05) is 46.1 Å². The highest BCUT2D eigenvalue weighted by atomic mass is 16.5. The number of ether oxygens (including phenoxy) is 1. The number of nitrogens with zero attached hydrogens (tertiary/aromatic N) is 1. The van der Waals surface area contributed by atoms with Crippen molar-refractivity contribution in [1.82, 2.24) is 10.2 Å². The lowest BCUT2D eigenvalue weighted by Gasteiger charge is -2.16. The summed E-state index contributed by atoms with van der Waals surface area (Å²) in [7, 11) is 1.75. The summed E-state index contributed by atoms with van der Waals surface area (Å²) >= 11 is 0. The lowest BCUT2D eigenvalue weighted by atomic mass is 10.1. The molecule has 0 bridgehead atoms. The van der Waals surface area contributed by atoms with Gasteiger partial charge in [0.2, 0.25) is 5.91 Å². The lowest BCUT2D eigenvalue weighted by Crippen LogP contribution is -2.33. The van der Waals surface area contributed by atoms with Crippen molar-refractivity contribution in [3.8, 4) is 0 Å². The molecule has 104 valence electrons. The molecule has 1 amide bonds. The van der Waals surface area contributed by atoms with Crippen molar-refractivity contribution >= 4 is 5.91 Å². The predicted octanol–water partition coefficient (Wildman–Crippen LogP) is 1.27. The van der Waals surface area contributed by atoms with Crippen molar-refractivity contribution in [2.24, 2.45) is 5.92 Å². The van der Waals surface area contributed by atoms with Gasteiger partial charge in [-0.05, 0) is 5.56 Å². The van der Waals surface area contributed by atoms with E-state index in [0.29, 0.717) is 12.5 Å². The van der Waals surface area contributed by atoms with Crippen LogP contribution in [0.5, 0.6) is 0 Å². The number of hydrogen-bond donors (Lipinski definition) is 1. The van der Waals surface area contributed by atoms with Crippen LogP contribution >= 0.6 is 0 Å². The van der Waals surface area contributed by atoms with Gasteiger partial charge in [-0.15, -0.1) is 0 Å². The maximum atomic E-state index is 11.0. The molecule has 1 aliphatic rings. The monoisotopic (exact) mass is 262 g/mol. The second kappa shape index (κ2) is 6.68. The molecule has 0 aromatic heterocycles. The first-order valence-corrected chi connectivity index (χ1v) is 6.72. The maximum Gasteiger partial charge on any atom is 0.216 e. The van der Waals surface area contributed by atoms with E-state index < -0.39 is 0 Å². The normalized spacial score (nSPS) is 23.5. The highest BCUT2D eigenvalue weighted by Gasteiger charge is 2.32. The molecule has 1 aliphatic heterocycles. The lowest BCUT2D eigenvalue weighted by molar-refractivity contribution is -0.119. The molecule has 4 nitrogen and oxygen atoms in total. The summed E-state index contributed by atoms with van der Waals surface area (Å²) in [5.41, 5.74) is 1.32. The first-order valence-electron chi connectivity index (χ1n) is 6.72. The summed E-state index contributed by atoms with van der Waals surface area (Å²) in [5.74, 6) is 0.397. The highest BCUT2D eigenvalue weighted by Crippen LogP contribution is 2.21. The minimum absolute atomic E-state index is 0.0244.